The lowest BCUT2D eigenvalue weighted by Crippen LogP contribution is -2.15. The predicted molar refractivity (Wildman–Crippen MR) is 141 cm³/mol. The van der Waals surface area contributed by atoms with Gasteiger partial charge in [0.1, 0.15) is 12.4 Å². The van der Waals surface area contributed by atoms with Crippen molar-refractivity contribution in [1.29, 1.82) is 0 Å². The number of hydrogen-bond donors (Lipinski definition) is 1. The van der Waals surface area contributed by atoms with E-state index in [-0.39, 0.29) is 12.4 Å². The standard InChI is InChI=1S/C24H23Cl2N5OS.ClH/c25-20-10-9-19(23(26)15-20)17-32-22-11-7-18(8-12-22)16-27-13-4-14-33-24-28-29-30-31(24)21-5-2-1-3-6-21;/h1-3,5-12,15,27H,4,13-14,16-17H2;1H. The number of nitrogens with one attached hydrogen (secondary N) is 1. The van der Waals surface area contributed by atoms with Crippen LogP contribution in [0.3, 0.4) is 0 Å². The quantitative estimate of drug-likeness (QED) is 0.181. The van der Waals surface area contributed by atoms with E-state index in [4.69, 9.17) is 27.9 Å². The molecule has 3 aromatic carbocycles. The lowest BCUT2D eigenvalue weighted by Gasteiger charge is -2.09. The van der Waals surface area contributed by atoms with Gasteiger partial charge in [0.05, 0.1) is 5.69 Å². The molecule has 10 heteroatoms. The molecule has 0 amide bonds. The third-order valence-electron chi connectivity index (χ3n) is 4.83. The van der Waals surface area contributed by atoms with Gasteiger partial charge in [0.25, 0.3) is 0 Å². The van der Waals surface area contributed by atoms with E-state index in [1.165, 1.54) is 5.56 Å². The lowest BCUT2D eigenvalue weighted by molar-refractivity contribution is 0.306. The van der Waals surface area contributed by atoms with Gasteiger partial charge < -0.3 is 10.1 Å². The van der Waals surface area contributed by atoms with Gasteiger partial charge in [-0.05, 0) is 65.4 Å². The molecule has 0 aliphatic heterocycles. The third-order valence-corrected chi connectivity index (χ3v) is 6.43. The van der Waals surface area contributed by atoms with Crippen molar-refractivity contribution < 1.29 is 4.74 Å². The smallest absolute Gasteiger partial charge is 0.214 e. The summed E-state index contributed by atoms with van der Waals surface area (Å²) < 4.78 is 7.60. The fourth-order valence-electron chi connectivity index (χ4n) is 3.10. The Morgan fingerprint density at radius 2 is 1.76 bits per heavy atom. The van der Waals surface area contributed by atoms with E-state index in [1.54, 1.807) is 22.5 Å². The van der Waals surface area contributed by atoms with Crippen molar-refractivity contribution in [3.8, 4) is 11.4 Å². The molecule has 1 N–H and O–H groups in total. The second kappa shape index (κ2) is 13.6. The number of hydrogen-bond acceptors (Lipinski definition) is 6. The van der Waals surface area contributed by atoms with E-state index >= 15 is 0 Å². The van der Waals surface area contributed by atoms with Crippen LogP contribution in [0.4, 0.5) is 0 Å². The molecule has 0 atom stereocenters. The van der Waals surface area contributed by atoms with E-state index in [0.717, 1.165) is 47.4 Å². The van der Waals surface area contributed by atoms with Crippen molar-refractivity contribution >= 4 is 47.4 Å². The van der Waals surface area contributed by atoms with E-state index in [9.17, 15) is 0 Å². The van der Waals surface area contributed by atoms with Gasteiger partial charge in [-0.3, -0.25) is 0 Å². The summed E-state index contributed by atoms with van der Waals surface area (Å²) in [7, 11) is 0. The molecule has 0 spiro atoms. The summed E-state index contributed by atoms with van der Waals surface area (Å²) in [5.41, 5.74) is 3.07. The Labute approximate surface area is 219 Å². The summed E-state index contributed by atoms with van der Waals surface area (Å²) in [6.07, 6.45) is 1.01. The van der Waals surface area contributed by atoms with Crippen LogP contribution in [0.15, 0.2) is 78.0 Å². The van der Waals surface area contributed by atoms with Crippen LogP contribution in [0.25, 0.3) is 5.69 Å². The van der Waals surface area contributed by atoms with E-state index in [1.807, 2.05) is 54.6 Å². The van der Waals surface area contributed by atoms with Crippen molar-refractivity contribution in [2.45, 2.75) is 24.7 Å². The zero-order chi connectivity index (χ0) is 22.9. The number of ether oxygens (including phenoxy) is 1. The first-order chi connectivity index (χ1) is 16.2. The molecule has 0 aliphatic carbocycles. The molecule has 178 valence electrons. The molecule has 4 rings (SSSR count). The van der Waals surface area contributed by atoms with E-state index in [2.05, 4.69) is 33.0 Å². The number of nitrogens with zero attached hydrogens (tertiary/aromatic N) is 4. The van der Waals surface area contributed by atoms with Crippen molar-refractivity contribution in [3.63, 3.8) is 0 Å². The lowest BCUT2D eigenvalue weighted by atomic mass is 10.2. The molecule has 0 saturated carbocycles. The Balaban J connectivity index is 0.00000324. The van der Waals surface area contributed by atoms with Crippen LogP contribution in [0, 0.1) is 0 Å². The number of thioether (sulfide) groups is 1. The first kappa shape index (κ1) is 26.3. The molecule has 1 aromatic heterocycles. The maximum atomic E-state index is 6.19. The van der Waals surface area contributed by atoms with Gasteiger partial charge >= 0.3 is 0 Å². The highest BCUT2D eigenvalue weighted by atomic mass is 35.5. The summed E-state index contributed by atoms with van der Waals surface area (Å²) in [6, 6.07) is 23.4. The summed E-state index contributed by atoms with van der Waals surface area (Å²) in [5.74, 6) is 1.73. The second-order valence-corrected chi connectivity index (χ2v) is 9.16. The Morgan fingerprint density at radius 3 is 2.53 bits per heavy atom. The molecule has 0 fully saturated rings. The summed E-state index contributed by atoms with van der Waals surface area (Å²) >= 11 is 13.8. The maximum Gasteiger partial charge on any atom is 0.214 e. The topological polar surface area (TPSA) is 64.9 Å². The normalized spacial score (nSPS) is 10.6. The SMILES string of the molecule is Cl.Clc1ccc(COc2ccc(CNCCCSc3nnnn3-c3ccccc3)cc2)c(Cl)c1. The van der Waals surface area contributed by atoms with Crippen molar-refractivity contribution in [3.05, 3.63) is 94.0 Å². The van der Waals surface area contributed by atoms with Crippen molar-refractivity contribution in [1.82, 2.24) is 25.5 Å². The van der Waals surface area contributed by atoms with Gasteiger partial charge in [0.15, 0.2) is 0 Å². The molecule has 0 aliphatic rings. The fourth-order valence-corrected chi connectivity index (χ4v) is 4.39. The van der Waals surface area contributed by atoms with Gasteiger partial charge in [0, 0.05) is 27.9 Å². The average Bonchev–Trinajstić information content (AvgIpc) is 3.31. The van der Waals surface area contributed by atoms with Crippen LogP contribution in [0.5, 0.6) is 5.75 Å². The zero-order valence-corrected chi connectivity index (χ0v) is 21.4. The first-order valence-electron chi connectivity index (χ1n) is 10.5. The van der Waals surface area contributed by atoms with Crippen LogP contribution in [-0.2, 0) is 13.2 Å². The summed E-state index contributed by atoms with van der Waals surface area (Å²) in [5, 5.41) is 17.5. The Bertz CT molecular complexity index is 1160. The molecular formula is C24H24Cl3N5OS. The highest BCUT2D eigenvalue weighted by Crippen LogP contribution is 2.23. The van der Waals surface area contributed by atoms with Gasteiger partial charge in [-0.25, -0.2) is 0 Å². The maximum absolute atomic E-state index is 6.19. The molecule has 0 radical (unpaired) electrons. The Kier molecular flexibility index (Phi) is 10.5. The molecule has 1 heterocycles. The zero-order valence-electron chi connectivity index (χ0n) is 18.2. The number of rotatable bonds is 11. The van der Waals surface area contributed by atoms with Crippen LogP contribution < -0.4 is 10.1 Å². The van der Waals surface area contributed by atoms with Gasteiger partial charge in [-0.2, -0.15) is 4.68 Å². The summed E-state index contributed by atoms with van der Waals surface area (Å²) in [6.45, 7) is 2.11. The van der Waals surface area contributed by atoms with Crippen molar-refractivity contribution in [2.24, 2.45) is 0 Å². The van der Waals surface area contributed by atoms with E-state index in [0.29, 0.717) is 16.7 Å². The van der Waals surface area contributed by atoms with E-state index < -0.39 is 0 Å². The van der Waals surface area contributed by atoms with Crippen LogP contribution in [-0.4, -0.2) is 32.5 Å². The molecule has 0 unspecified atom stereocenters. The Morgan fingerprint density at radius 1 is 0.971 bits per heavy atom. The number of benzene rings is 3. The minimum Gasteiger partial charge on any atom is -0.489 e. The molecule has 4 aromatic rings. The van der Waals surface area contributed by atoms with Gasteiger partial charge in [0.2, 0.25) is 5.16 Å². The minimum atomic E-state index is 0. The first-order valence-corrected chi connectivity index (χ1v) is 12.3. The van der Waals surface area contributed by atoms with Crippen LogP contribution in [0.1, 0.15) is 17.5 Å². The van der Waals surface area contributed by atoms with Crippen LogP contribution >= 0.6 is 47.4 Å². The molecule has 0 bridgehead atoms. The molecule has 34 heavy (non-hydrogen) atoms. The highest BCUT2D eigenvalue weighted by Gasteiger charge is 2.08. The molecular weight excluding hydrogens is 513 g/mol. The number of halogens is 3. The van der Waals surface area contributed by atoms with Crippen molar-refractivity contribution in [2.75, 3.05) is 12.3 Å². The molecule has 6 nitrogen and oxygen atoms in total. The molecule has 0 saturated heterocycles. The monoisotopic (exact) mass is 535 g/mol. The van der Waals surface area contributed by atoms with Crippen LogP contribution in [0.2, 0.25) is 10.0 Å². The Hall–Kier alpha value is -2.29. The van der Waals surface area contributed by atoms with Gasteiger partial charge in [-0.15, -0.1) is 17.5 Å². The highest BCUT2D eigenvalue weighted by molar-refractivity contribution is 7.99. The second-order valence-electron chi connectivity index (χ2n) is 7.26. The number of tetrazole rings is 1. The fraction of sp³-hybridized carbons (Fsp3) is 0.208. The van der Waals surface area contributed by atoms with Gasteiger partial charge in [-0.1, -0.05) is 71.4 Å². The number of aromatic nitrogens is 4. The number of para-hydroxylation sites is 1. The minimum absolute atomic E-state index is 0. The summed E-state index contributed by atoms with van der Waals surface area (Å²) in [4.78, 5) is 0. The largest absolute Gasteiger partial charge is 0.489 e. The average molecular weight is 537 g/mol. The predicted octanol–water partition coefficient (Wildman–Crippen LogP) is 6.24. The third kappa shape index (κ3) is 7.61.